The number of hydrogen-bond donors (Lipinski definition) is 2. The average Bonchev–Trinajstić information content (AvgIpc) is 3.11. The van der Waals surface area contributed by atoms with Crippen molar-refractivity contribution < 1.29 is 4.79 Å². The van der Waals surface area contributed by atoms with E-state index >= 15 is 0 Å². The highest BCUT2D eigenvalue weighted by atomic mass is 16.1. The number of rotatable bonds is 6. The molecule has 1 aliphatic carbocycles. The highest BCUT2D eigenvalue weighted by Gasteiger charge is 2.16. The van der Waals surface area contributed by atoms with E-state index in [-0.39, 0.29) is 11.5 Å². The summed E-state index contributed by atoms with van der Waals surface area (Å²) in [6.45, 7) is 4.57. The van der Waals surface area contributed by atoms with Gasteiger partial charge in [-0.3, -0.25) is 9.59 Å². The van der Waals surface area contributed by atoms with Crippen molar-refractivity contribution in [2.75, 3.05) is 6.54 Å². The molecule has 0 radical (unpaired) electrons. The lowest BCUT2D eigenvalue weighted by atomic mass is 10.0. The molecule has 0 saturated heterocycles. The van der Waals surface area contributed by atoms with E-state index in [0.717, 1.165) is 39.9 Å². The smallest absolute Gasteiger partial charge is 0.251 e. The number of carbonyl (C=O) groups is 1. The third-order valence-corrected chi connectivity index (χ3v) is 5.49. The summed E-state index contributed by atoms with van der Waals surface area (Å²) < 4.78 is 0. The molecule has 0 bridgehead atoms. The molecule has 2 aromatic rings. The molecule has 4 heteroatoms. The molecule has 25 heavy (non-hydrogen) atoms. The maximum atomic E-state index is 12.3. The first kappa shape index (κ1) is 17.7. The normalized spacial score (nSPS) is 15.0. The Labute approximate surface area is 149 Å². The summed E-state index contributed by atoms with van der Waals surface area (Å²) in [6.07, 6.45) is 7.36. The maximum Gasteiger partial charge on any atom is 0.251 e. The number of pyridine rings is 1. The van der Waals surface area contributed by atoms with Gasteiger partial charge in [-0.1, -0.05) is 37.8 Å². The predicted octanol–water partition coefficient (Wildman–Crippen LogP) is 3.77. The predicted molar refractivity (Wildman–Crippen MR) is 102 cm³/mol. The highest BCUT2D eigenvalue weighted by Crippen LogP contribution is 2.28. The van der Waals surface area contributed by atoms with Crippen molar-refractivity contribution in [3.05, 3.63) is 45.2 Å². The number of amides is 1. The van der Waals surface area contributed by atoms with Gasteiger partial charge in [-0.15, -0.1) is 0 Å². The van der Waals surface area contributed by atoms with Crippen molar-refractivity contribution in [1.29, 1.82) is 0 Å². The van der Waals surface area contributed by atoms with Crippen LogP contribution in [0.1, 0.15) is 55.2 Å². The van der Waals surface area contributed by atoms with Crippen LogP contribution in [0.25, 0.3) is 10.9 Å². The Morgan fingerprint density at radius 3 is 2.68 bits per heavy atom. The number of hydrogen-bond acceptors (Lipinski definition) is 2. The van der Waals surface area contributed by atoms with Crippen LogP contribution in [0.4, 0.5) is 0 Å². The van der Waals surface area contributed by atoms with Crippen LogP contribution >= 0.6 is 0 Å². The number of aromatic amines is 1. The van der Waals surface area contributed by atoms with E-state index in [1.807, 2.05) is 19.1 Å². The van der Waals surface area contributed by atoms with E-state index in [2.05, 4.69) is 23.3 Å². The van der Waals surface area contributed by atoms with E-state index in [4.69, 9.17) is 0 Å². The summed E-state index contributed by atoms with van der Waals surface area (Å²) in [5.41, 5.74) is 3.82. The highest BCUT2D eigenvalue weighted by molar-refractivity contribution is 5.85. The minimum Gasteiger partial charge on any atom is -0.356 e. The molecule has 1 fully saturated rings. The third kappa shape index (κ3) is 4.30. The van der Waals surface area contributed by atoms with Crippen LogP contribution in [-0.2, 0) is 11.2 Å². The molecular weight excluding hydrogens is 312 g/mol. The molecule has 0 aliphatic heterocycles. The van der Waals surface area contributed by atoms with E-state index in [1.54, 1.807) is 0 Å². The number of carbonyl (C=O) groups excluding carboxylic acids is 1. The average molecular weight is 340 g/mol. The van der Waals surface area contributed by atoms with Gasteiger partial charge in [0.25, 0.3) is 5.56 Å². The fourth-order valence-corrected chi connectivity index (χ4v) is 3.86. The van der Waals surface area contributed by atoms with E-state index in [0.29, 0.717) is 19.4 Å². The zero-order valence-corrected chi connectivity index (χ0v) is 15.3. The Kier molecular flexibility index (Phi) is 5.57. The molecule has 2 N–H and O–H groups in total. The second-order valence-corrected chi connectivity index (χ2v) is 7.40. The molecule has 1 heterocycles. The van der Waals surface area contributed by atoms with Crippen molar-refractivity contribution in [2.24, 2.45) is 5.92 Å². The molecule has 1 aromatic heterocycles. The summed E-state index contributed by atoms with van der Waals surface area (Å²) in [6, 6.07) is 6.07. The van der Waals surface area contributed by atoms with Gasteiger partial charge in [-0.05, 0) is 49.8 Å². The van der Waals surface area contributed by atoms with Gasteiger partial charge in [0, 0.05) is 23.9 Å². The van der Waals surface area contributed by atoms with Crippen LogP contribution in [0.15, 0.2) is 23.0 Å². The number of H-pyrrole nitrogens is 1. The summed E-state index contributed by atoms with van der Waals surface area (Å²) in [5.74, 6) is 0.844. The first-order valence-corrected chi connectivity index (χ1v) is 9.43. The van der Waals surface area contributed by atoms with Crippen molar-refractivity contribution in [3.63, 3.8) is 0 Å². The molecule has 1 saturated carbocycles. The molecule has 0 atom stereocenters. The van der Waals surface area contributed by atoms with Gasteiger partial charge in [0.05, 0.1) is 5.52 Å². The zero-order valence-electron chi connectivity index (χ0n) is 15.3. The summed E-state index contributed by atoms with van der Waals surface area (Å²) >= 11 is 0. The van der Waals surface area contributed by atoms with E-state index in [9.17, 15) is 9.59 Å². The number of fused-ring (bicyclic) bond motifs is 1. The Morgan fingerprint density at radius 1 is 1.20 bits per heavy atom. The molecule has 134 valence electrons. The number of nitrogens with one attached hydrogen (secondary N) is 2. The van der Waals surface area contributed by atoms with E-state index < -0.39 is 0 Å². The van der Waals surface area contributed by atoms with Crippen molar-refractivity contribution in [3.8, 4) is 0 Å². The third-order valence-electron chi connectivity index (χ3n) is 5.49. The molecule has 0 spiro atoms. The number of aryl methyl sites for hydroxylation is 2. The van der Waals surface area contributed by atoms with Gasteiger partial charge in [0.1, 0.15) is 0 Å². The lowest BCUT2D eigenvalue weighted by molar-refractivity contribution is -0.121. The zero-order chi connectivity index (χ0) is 17.8. The first-order chi connectivity index (χ1) is 12.0. The second-order valence-electron chi connectivity index (χ2n) is 7.40. The van der Waals surface area contributed by atoms with Crippen molar-refractivity contribution in [1.82, 2.24) is 10.3 Å². The fraction of sp³-hybridized carbons (Fsp3) is 0.524. The molecular formula is C21H28N2O2. The molecule has 1 amide bonds. The van der Waals surface area contributed by atoms with Crippen LogP contribution in [0.2, 0.25) is 0 Å². The van der Waals surface area contributed by atoms with Gasteiger partial charge < -0.3 is 10.3 Å². The summed E-state index contributed by atoms with van der Waals surface area (Å²) in [5, 5.41) is 4.05. The van der Waals surface area contributed by atoms with Gasteiger partial charge in [0.2, 0.25) is 5.91 Å². The largest absolute Gasteiger partial charge is 0.356 e. The van der Waals surface area contributed by atoms with Crippen LogP contribution in [-0.4, -0.2) is 17.4 Å². The molecule has 3 rings (SSSR count). The van der Waals surface area contributed by atoms with Crippen LogP contribution in [0, 0.1) is 19.8 Å². The lowest BCUT2D eigenvalue weighted by Crippen LogP contribution is -2.27. The lowest BCUT2D eigenvalue weighted by Gasteiger charge is -2.10. The van der Waals surface area contributed by atoms with Crippen LogP contribution in [0.3, 0.4) is 0 Å². The fourth-order valence-electron chi connectivity index (χ4n) is 3.86. The van der Waals surface area contributed by atoms with Gasteiger partial charge in [-0.25, -0.2) is 0 Å². The van der Waals surface area contributed by atoms with Gasteiger partial charge >= 0.3 is 0 Å². The topological polar surface area (TPSA) is 62.0 Å². The molecule has 1 aliphatic rings. The summed E-state index contributed by atoms with van der Waals surface area (Å²) in [4.78, 5) is 27.3. The van der Waals surface area contributed by atoms with Crippen molar-refractivity contribution in [2.45, 2.75) is 58.8 Å². The minimum atomic E-state index is -0.0543. The monoisotopic (exact) mass is 340 g/mol. The standard InChI is InChI=1S/C21H28N2O2/c1-14-7-8-15(2)20-18(14)13-17(21(25)23-20)11-12-22-19(24)10-9-16-5-3-4-6-16/h7-8,13,16H,3-6,9-12H2,1-2H3,(H,22,24)(H,23,25). The minimum absolute atomic E-state index is 0.0543. The number of aromatic nitrogens is 1. The van der Waals surface area contributed by atoms with E-state index in [1.165, 1.54) is 25.7 Å². The Balaban J connectivity index is 1.57. The number of benzene rings is 1. The van der Waals surface area contributed by atoms with Crippen LogP contribution in [0.5, 0.6) is 0 Å². The Bertz CT molecular complexity index is 816. The first-order valence-electron chi connectivity index (χ1n) is 9.43. The summed E-state index contributed by atoms with van der Waals surface area (Å²) in [7, 11) is 0. The SMILES string of the molecule is Cc1ccc(C)c2[nH]c(=O)c(CCNC(=O)CCC3CCCC3)cc12. The second kappa shape index (κ2) is 7.85. The Morgan fingerprint density at radius 2 is 1.92 bits per heavy atom. The maximum absolute atomic E-state index is 12.3. The molecule has 4 nitrogen and oxygen atoms in total. The van der Waals surface area contributed by atoms with Crippen molar-refractivity contribution >= 4 is 16.8 Å². The molecule has 0 unspecified atom stereocenters. The van der Waals surface area contributed by atoms with Gasteiger partial charge in [-0.2, -0.15) is 0 Å². The molecule has 1 aromatic carbocycles. The van der Waals surface area contributed by atoms with Crippen LogP contribution < -0.4 is 10.9 Å². The van der Waals surface area contributed by atoms with Gasteiger partial charge in [0.15, 0.2) is 0 Å². The quantitative estimate of drug-likeness (QED) is 0.841. The Hall–Kier alpha value is -2.10.